The molecule has 1 aromatic heterocycles. The SMILES string of the molecule is CCN(CCCNC(=O)N1CCN(c2cnccn2)CC1)c1ccccc1. The Kier molecular flexibility index (Phi) is 6.84. The normalized spacial score (nSPS) is 14.1. The zero-order valence-electron chi connectivity index (χ0n) is 15.9. The van der Waals surface area contributed by atoms with Crippen molar-refractivity contribution in [2.45, 2.75) is 13.3 Å². The Labute approximate surface area is 161 Å². The molecule has 0 unspecified atom stereocenters. The van der Waals surface area contributed by atoms with Gasteiger partial charge in [-0.2, -0.15) is 0 Å². The first-order chi connectivity index (χ1) is 13.3. The van der Waals surface area contributed by atoms with Crippen molar-refractivity contribution in [2.24, 2.45) is 0 Å². The fraction of sp³-hybridized carbons (Fsp3) is 0.450. The van der Waals surface area contributed by atoms with Gasteiger partial charge >= 0.3 is 6.03 Å². The molecule has 7 heteroatoms. The number of rotatable bonds is 7. The van der Waals surface area contributed by atoms with Gasteiger partial charge in [-0.25, -0.2) is 9.78 Å². The summed E-state index contributed by atoms with van der Waals surface area (Å²) < 4.78 is 0. The van der Waals surface area contributed by atoms with Gasteiger partial charge in [0.2, 0.25) is 0 Å². The van der Waals surface area contributed by atoms with E-state index in [1.54, 1.807) is 18.6 Å². The number of para-hydroxylation sites is 1. The third-order valence-electron chi connectivity index (χ3n) is 4.82. The Balaban J connectivity index is 1.36. The van der Waals surface area contributed by atoms with Crippen LogP contribution in [0.4, 0.5) is 16.3 Å². The Morgan fingerprint density at radius 3 is 2.59 bits per heavy atom. The zero-order chi connectivity index (χ0) is 18.9. The molecule has 1 N–H and O–H groups in total. The second kappa shape index (κ2) is 9.75. The monoisotopic (exact) mass is 368 g/mol. The minimum Gasteiger partial charge on any atom is -0.372 e. The van der Waals surface area contributed by atoms with Gasteiger partial charge in [0, 0.05) is 63.9 Å². The minimum absolute atomic E-state index is 0.0246. The van der Waals surface area contributed by atoms with E-state index in [0.717, 1.165) is 38.4 Å². The Morgan fingerprint density at radius 2 is 1.93 bits per heavy atom. The van der Waals surface area contributed by atoms with E-state index < -0.39 is 0 Å². The summed E-state index contributed by atoms with van der Waals surface area (Å²) in [4.78, 5) is 27.2. The molecule has 1 aliphatic rings. The van der Waals surface area contributed by atoms with Crippen LogP contribution in [0.25, 0.3) is 0 Å². The second-order valence-electron chi connectivity index (χ2n) is 6.54. The average Bonchev–Trinajstić information content (AvgIpc) is 2.75. The van der Waals surface area contributed by atoms with Crippen LogP contribution in [0.15, 0.2) is 48.9 Å². The number of urea groups is 1. The zero-order valence-corrected chi connectivity index (χ0v) is 15.9. The van der Waals surface area contributed by atoms with Crippen LogP contribution < -0.4 is 15.1 Å². The number of hydrogen-bond donors (Lipinski definition) is 1. The third kappa shape index (κ3) is 5.32. The van der Waals surface area contributed by atoms with Gasteiger partial charge in [-0.3, -0.25) is 4.98 Å². The minimum atomic E-state index is 0.0246. The van der Waals surface area contributed by atoms with Gasteiger partial charge in [0.25, 0.3) is 0 Å². The number of anilines is 2. The third-order valence-corrected chi connectivity index (χ3v) is 4.82. The molecule has 2 amide bonds. The van der Waals surface area contributed by atoms with Crippen molar-refractivity contribution >= 4 is 17.5 Å². The molecule has 0 bridgehead atoms. The molecule has 1 fully saturated rings. The molecule has 0 spiro atoms. The summed E-state index contributed by atoms with van der Waals surface area (Å²) in [6.07, 6.45) is 6.06. The molecule has 2 heterocycles. The van der Waals surface area contributed by atoms with Crippen LogP contribution in [0, 0.1) is 0 Å². The summed E-state index contributed by atoms with van der Waals surface area (Å²) in [5, 5.41) is 3.05. The molecular formula is C20H28N6O. The summed E-state index contributed by atoms with van der Waals surface area (Å²) in [6.45, 7) is 7.70. The molecule has 2 aromatic rings. The molecule has 0 saturated carbocycles. The lowest BCUT2D eigenvalue weighted by molar-refractivity contribution is 0.194. The highest BCUT2D eigenvalue weighted by atomic mass is 16.2. The number of benzene rings is 1. The Hall–Kier alpha value is -2.83. The van der Waals surface area contributed by atoms with E-state index in [1.165, 1.54) is 5.69 Å². The summed E-state index contributed by atoms with van der Waals surface area (Å²) in [7, 11) is 0. The molecule has 27 heavy (non-hydrogen) atoms. The van der Waals surface area contributed by atoms with Crippen LogP contribution in [0.1, 0.15) is 13.3 Å². The molecule has 3 rings (SSSR count). The van der Waals surface area contributed by atoms with Crippen molar-refractivity contribution in [3.63, 3.8) is 0 Å². The summed E-state index contributed by atoms with van der Waals surface area (Å²) in [5.41, 5.74) is 1.23. The molecule has 7 nitrogen and oxygen atoms in total. The van der Waals surface area contributed by atoms with Crippen molar-refractivity contribution < 1.29 is 4.79 Å². The van der Waals surface area contributed by atoms with E-state index in [2.05, 4.69) is 56.3 Å². The number of piperazine rings is 1. The Morgan fingerprint density at radius 1 is 1.15 bits per heavy atom. The van der Waals surface area contributed by atoms with Crippen LogP contribution in [0.2, 0.25) is 0 Å². The van der Waals surface area contributed by atoms with Crippen molar-refractivity contribution in [3.8, 4) is 0 Å². The fourth-order valence-electron chi connectivity index (χ4n) is 3.28. The predicted molar refractivity (Wildman–Crippen MR) is 108 cm³/mol. The van der Waals surface area contributed by atoms with E-state index in [0.29, 0.717) is 19.6 Å². The van der Waals surface area contributed by atoms with E-state index in [4.69, 9.17) is 0 Å². The molecule has 0 radical (unpaired) electrons. The van der Waals surface area contributed by atoms with Crippen LogP contribution >= 0.6 is 0 Å². The standard InChI is InChI=1S/C20H28N6O/c1-2-24(18-7-4-3-5-8-18)12-6-9-23-20(27)26-15-13-25(14-16-26)19-17-21-10-11-22-19/h3-5,7-8,10-11,17H,2,6,9,12-16H2,1H3,(H,23,27). The largest absolute Gasteiger partial charge is 0.372 e. The average molecular weight is 368 g/mol. The van der Waals surface area contributed by atoms with Crippen molar-refractivity contribution in [1.29, 1.82) is 0 Å². The molecule has 0 atom stereocenters. The van der Waals surface area contributed by atoms with Gasteiger partial charge in [0.1, 0.15) is 5.82 Å². The maximum absolute atomic E-state index is 12.4. The molecule has 144 valence electrons. The van der Waals surface area contributed by atoms with Crippen LogP contribution in [-0.2, 0) is 0 Å². The van der Waals surface area contributed by atoms with Crippen LogP contribution in [0.5, 0.6) is 0 Å². The summed E-state index contributed by atoms with van der Waals surface area (Å²) in [6, 6.07) is 10.4. The lowest BCUT2D eigenvalue weighted by Gasteiger charge is -2.35. The Bertz CT molecular complexity index is 688. The fourth-order valence-corrected chi connectivity index (χ4v) is 3.28. The highest BCUT2D eigenvalue weighted by Crippen LogP contribution is 2.13. The lowest BCUT2D eigenvalue weighted by Crippen LogP contribution is -2.52. The highest BCUT2D eigenvalue weighted by molar-refractivity contribution is 5.74. The van der Waals surface area contributed by atoms with Gasteiger partial charge in [0.15, 0.2) is 0 Å². The number of nitrogens with zero attached hydrogens (tertiary/aromatic N) is 5. The first-order valence-corrected chi connectivity index (χ1v) is 9.61. The van der Waals surface area contributed by atoms with Gasteiger partial charge in [0.05, 0.1) is 6.20 Å². The smallest absolute Gasteiger partial charge is 0.317 e. The number of carbonyl (C=O) groups excluding carboxylic acids is 1. The van der Waals surface area contributed by atoms with Crippen molar-refractivity contribution in [2.75, 3.05) is 55.6 Å². The van der Waals surface area contributed by atoms with Crippen LogP contribution in [0.3, 0.4) is 0 Å². The summed E-state index contributed by atoms with van der Waals surface area (Å²) in [5.74, 6) is 0.873. The summed E-state index contributed by atoms with van der Waals surface area (Å²) >= 11 is 0. The van der Waals surface area contributed by atoms with Gasteiger partial charge in [-0.15, -0.1) is 0 Å². The topological polar surface area (TPSA) is 64.6 Å². The van der Waals surface area contributed by atoms with E-state index >= 15 is 0 Å². The number of aromatic nitrogens is 2. The highest BCUT2D eigenvalue weighted by Gasteiger charge is 2.21. The molecular weight excluding hydrogens is 340 g/mol. The van der Waals surface area contributed by atoms with E-state index in [-0.39, 0.29) is 6.03 Å². The van der Waals surface area contributed by atoms with Gasteiger partial charge < -0.3 is 20.0 Å². The van der Waals surface area contributed by atoms with Gasteiger partial charge in [-0.1, -0.05) is 18.2 Å². The van der Waals surface area contributed by atoms with Gasteiger partial charge in [-0.05, 0) is 25.5 Å². The van der Waals surface area contributed by atoms with E-state index in [9.17, 15) is 4.79 Å². The number of carbonyl (C=O) groups is 1. The quantitative estimate of drug-likeness (QED) is 0.759. The molecule has 1 saturated heterocycles. The first-order valence-electron chi connectivity index (χ1n) is 9.61. The predicted octanol–water partition coefficient (Wildman–Crippen LogP) is 2.22. The molecule has 0 aliphatic carbocycles. The number of nitrogens with one attached hydrogen (secondary N) is 1. The maximum atomic E-state index is 12.4. The van der Waals surface area contributed by atoms with Crippen LogP contribution in [-0.4, -0.2) is 66.7 Å². The molecule has 1 aromatic carbocycles. The molecule has 1 aliphatic heterocycles. The lowest BCUT2D eigenvalue weighted by atomic mass is 10.2. The maximum Gasteiger partial charge on any atom is 0.317 e. The second-order valence-corrected chi connectivity index (χ2v) is 6.54. The number of hydrogen-bond acceptors (Lipinski definition) is 5. The van der Waals surface area contributed by atoms with E-state index in [1.807, 2.05) is 11.0 Å². The number of amides is 2. The van der Waals surface area contributed by atoms with Crippen molar-refractivity contribution in [1.82, 2.24) is 20.2 Å². The van der Waals surface area contributed by atoms with Crippen molar-refractivity contribution in [3.05, 3.63) is 48.9 Å². The first kappa shape index (κ1) is 18.9.